The Balaban J connectivity index is 2.59. The Hall–Kier alpha value is -0.390. The van der Waals surface area contributed by atoms with E-state index in [0.717, 1.165) is 15.9 Å². The van der Waals surface area contributed by atoms with E-state index >= 15 is 0 Å². The van der Waals surface area contributed by atoms with E-state index in [-0.39, 0.29) is 0 Å². The minimum absolute atomic E-state index is 0.672. The number of aromatic nitrogens is 2. The van der Waals surface area contributed by atoms with Gasteiger partial charge in [-0.05, 0) is 40.3 Å². The van der Waals surface area contributed by atoms with Crippen molar-refractivity contribution in [2.24, 2.45) is 17.8 Å². The van der Waals surface area contributed by atoms with Crippen molar-refractivity contribution in [3.05, 3.63) is 16.1 Å². The van der Waals surface area contributed by atoms with Crippen molar-refractivity contribution in [1.29, 1.82) is 0 Å². The average molecular weight is 333 g/mol. The Bertz CT molecular complexity index is 318. The standard InChI is InChI=1S/C12H20IN3/c1-8(2)10(9(3)4)5-15-12-11(13)6-14-7-16-12/h6-10H,5H2,1-4H3,(H,14,15,16). The molecule has 1 aromatic rings. The molecule has 0 unspecified atom stereocenters. The summed E-state index contributed by atoms with van der Waals surface area (Å²) in [6.07, 6.45) is 3.42. The summed E-state index contributed by atoms with van der Waals surface area (Å²) in [6.45, 7) is 10.1. The van der Waals surface area contributed by atoms with Crippen LogP contribution in [0.2, 0.25) is 0 Å². The summed E-state index contributed by atoms with van der Waals surface area (Å²) in [7, 11) is 0. The Morgan fingerprint density at radius 2 is 1.88 bits per heavy atom. The molecule has 0 fully saturated rings. The highest BCUT2D eigenvalue weighted by Gasteiger charge is 2.17. The van der Waals surface area contributed by atoms with Crippen molar-refractivity contribution in [3.8, 4) is 0 Å². The maximum atomic E-state index is 4.24. The fourth-order valence-corrected chi connectivity index (χ4v) is 2.39. The number of halogens is 1. The summed E-state index contributed by atoms with van der Waals surface area (Å²) >= 11 is 2.25. The number of rotatable bonds is 5. The molecule has 0 saturated carbocycles. The van der Waals surface area contributed by atoms with E-state index in [1.807, 2.05) is 6.20 Å². The van der Waals surface area contributed by atoms with E-state index in [9.17, 15) is 0 Å². The van der Waals surface area contributed by atoms with Crippen LogP contribution in [-0.2, 0) is 0 Å². The number of anilines is 1. The molecule has 0 bridgehead atoms. The van der Waals surface area contributed by atoms with Crippen LogP contribution < -0.4 is 5.32 Å². The van der Waals surface area contributed by atoms with Crippen molar-refractivity contribution in [3.63, 3.8) is 0 Å². The Kier molecular flexibility index (Phi) is 5.44. The second kappa shape index (κ2) is 6.37. The Morgan fingerprint density at radius 1 is 1.25 bits per heavy atom. The number of nitrogens with one attached hydrogen (secondary N) is 1. The minimum Gasteiger partial charge on any atom is -0.369 e. The molecular formula is C12H20IN3. The van der Waals surface area contributed by atoms with E-state index in [1.165, 1.54) is 0 Å². The van der Waals surface area contributed by atoms with E-state index < -0.39 is 0 Å². The van der Waals surface area contributed by atoms with Crippen molar-refractivity contribution >= 4 is 28.4 Å². The van der Waals surface area contributed by atoms with Gasteiger partial charge in [0.1, 0.15) is 12.1 Å². The summed E-state index contributed by atoms with van der Waals surface area (Å²) in [5.74, 6) is 2.99. The van der Waals surface area contributed by atoms with Crippen molar-refractivity contribution in [1.82, 2.24) is 9.97 Å². The van der Waals surface area contributed by atoms with Gasteiger partial charge >= 0.3 is 0 Å². The molecule has 1 aromatic heterocycles. The van der Waals surface area contributed by atoms with Crippen LogP contribution in [0.25, 0.3) is 0 Å². The van der Waals surface area contributed by atoms with Crippen LogP contribution in [0.5, 0.6) is 0 Å². The molecule has 90 valence electrons. The lowest BCUT2D eigenvalue weighted by atomic mass is 9.85. The number of nitrogens with zero attached hydrogens (tertiary/aromatic N) is 2. The van der Waals surface area contributed by atoms with Crippen LogP contribution in [0.4, 0.5) is 5.82 Å². The van der Waals surface area contributed by atoms with Gasteiger partial charge in [-0.3, -0.25) is 0 Å². The summed E-state index contributed by atoms with van der Waals surface area (Å²) in [5.41, 5.74) is 0. The molecule has 0 amide bonds. The zero-order chi connectivity index (χ0) is 12.1. The molecule has 0 aliphatic carbocycles. The maximum Gasteiger partial charge on any atom is 0.142 e. The molecule has 0 aromatic carbocycles. The predicted molar refractivity (Wildman–Crippen MR) is 76.4 cm³/mol. The third kappa shape index (κ3) is 3.88. The van der Waals surface area contributed by atoms with Gasteiger partial charge in [-0.15, -0.1) is 0 Å². The normalized spacial score (nSPS) is 11.5. The molecule has 0 aliphatic rings. The van der Waals surface area contributed by atoms with Crippen molar-refractivity contribution in [2.75, 3.05) is 11.9 Å². The van der Waals surface area contributed by atoms with Crippen LogP contribution in [0.3, 0.4) is 0 Å². The minimum atomic E-state index is 0.672. The number of hydrogen-bond acceptors (Lipinski definition) is 3. The zero-order valence-corrected chi connectivity index (χ0v) is 12.5. The quantitative estimate of drug-likeness (QED) is 0.839. The van der Waals surface area contributed by atoms with Gasteiger partial charge in [0.25, 0.3) is 0 Å². The third-order valence-electron chi connectivity index (χ3n) is 2.89. The zero-order valence-electron chi connectivity index (χ0n) is 10.4. The van der Waals surface area contributed by atoms with E-state index in [2.05, 4.69) is 65.6 Å². The topological polar surface area (TPSA) is 37.8 Å². The monoisotopic (exact) mass is 333 g/mol. The highest BCUT2D eigenvalue weighted by atomic mass is 127. The molecule has 16 heavy (non-hydrogen) atoms. The van der Waals surface area contributed by atoms with Crippen LogP contribution in [0, 0.1) is 21.3 Å². The summed E-state index contributed by atoms with van der Waals surface area (Å²) < 4.78 is 1.08. The lowest BCUT2D eigenvalue weighted by Gasteiger charge is -2.25. The first-order chi connectivity index (χ1) is 7.52. The first-order valence-electron chi connectivity index (χ1n) is 5.71. The van der Waals surface area contributed by atoms with E-state index in [4.69, 9.17) is 0 Å². The van der Waals surface area contributed by atoms with Crippen LogP contribution in [-0.4, -0.2) is 16.5 Å². The lowest BCUT2D eigenvalue weighted by molar-refractivity contribution is 0.304. The van der Waals surface area contributed by atoms with Crippen molar-refractivity contribution < 1.29 is 0 Å². The second-order valence-corrected chi connectivity index (χ2v) is 5.91. The predicted octanol–water partition coefficient (Wildman–Crippen LogP) is 3.42. The van der Waals surface area contributed by atoms with Gasteiger partial charge in [0.05, 0.1) is 3.57 Å². The van der Waals surface area contributed by atoms with Gasteiger partial charge in [-0.2, -0.15) is 0 Å². The fraction of sp³-hybridized carbons (Fsp3) is 0.667. The SMILES string of the molecule is CC(C)C(CNc1ncncc1I)C(C)C. The molecule has 0 radical (unpaired) electrons. The van der Waals surface area contributed by atoms with Crippen LogP contribution >= 0.6 is 22.6 Å². The van der Waals surface area contributed by atoms with Gasteiger partial charge < -0.3 is 5.32 Å². The first-order valence-corrected chi connectivity index (χ1v) is 6.79. The fourth-order valence-electron chi connectivity index (χ4n) is 1.90. The molecule has 0 spiro atoms. The van der Waals surface area contributed by atoms with Gasteiger partial charge in [0.15, 0.2) is 0 Å². The molecule has 1 rings (SSSR count). The van der Waals surface area contributed by atoms with Gasteiger partial charge in [-0.1, -0.05) is 27.7 Å². The van der Waals surface area contributed by atoms with E-state index in [0.29, 0.717) is 17.8 Å². The van der Waals surface area contributed by atoms with Gasteiger partial charge in [-0.25, -0.2) is 9.97 Å². The highest BCUT2D eigenvalue weighted by Crippen LogP contribution is 2.21. The highest BCUT2D eigenvalue weighted by molar-refractivity contribution is 14.1. The Labute approximate surface area is 112 Å². The molecule has 0 atom stereocenters. The number of hydrogen-bond donors (Lipinski definition) is 1. The van der Waals surface area contributed by atoms with Crippen LogP contribution in [0.1, 0.15) is 27.7 Å². The van der Waals surface area contributed by atoms with Gasteiger partial charge in [0, 0.05) is 12.7 Å². The molecule has 4 heteroatoms. The Morgan fingerprint density at radius 3 is 2.38 bits per heavy atom. The molecule has 0 saturated heterocycles. The summed E-state index contributed by atoms with van der Waals surface area (Å²) in [6, 6.07) is 0. The molecule has 1 N–H and O–H groups in total. The summed E-state index contributed by atoms with van der Waals surface area (Å²) in [5, 5.41) is 3.42. The second-order valence-electron chi connectivity index (χ2n) is 4.75. The third-order valence-corrected chi connectivity index (χ3v) is 3.67. The maximum absolute atomic E-state index is 4.24. The molecule has 0 aliphatic heterocycles. The van der Waals surface area contributed by atoms with Crippen LogP contribution in [0.15, 0.2) is 12.5 Å². The van der Waals surface area contributed by atoms with E-state index in [1.54, 1.807) is 6.33 Å². The smallest absolute Gasteiger partial charge is 0.142 e. The van der Waals surface area contributed by atoms with Crippen molar-refractivity contribution in [2.45, 2.75) is 27.7 Å². The molecule has 3 nitrogen and oxygen atoms in total. The first kappa shape index (κ1) is 13.7. The summed E-state index contributed by atoms with van der Waals surface area (Å²) in [4.78, 5) is 8.22. The lowest BCUT2D eigenvalue weighted by Crippen LogP contribution is -2.25. The van der Waals surface area contributed by atoms with Gasteiger partial charge in [0.2, 0.25) is 0 Å². The molecular weight excluding hydrogens is 313 g/mol. The average Bonchev–Trinajstić information content (AvgIpc) is 2.20. The molecule has 1 heterocycles. The largest absolute Gasteiger partial charge is 0.369 e.